The summed E-state index contributed by atoms with van der Waals surface area (Å²) in [5.41, 5.74) is 2.49. The standard InChI is InChI=1S/C25H21Br2FN2O4/c1-2-32-25(31)13-19-12-21(28)20(26)11-17(19)8-9-33-22-10-16(14-29)6-7-18(22)15-34-24-5-3-4-23(27)30-24/h3-7,10-12H,2,8-9,13,15H2,1H3. The zero-order valence-corrected chi connectivity index (χ0v) is 21.5. The smallest absolute Gasteiger partial charge is 0.310 e. The van der Waals surface area contributed by atoms with Crippen molar-refractivity contribution in [1.29, 1.82) is 5.26 Å². The Balaban J connectivity index is 1.73. The Morgan fingerprint density at radius 2 is 1.91 bits per heavy atom. The highest BCUT2D eigenvalue weighted by Crippen LogP contribution is 2.25. The topological polar surface area (TPSA) is 81.4 Å². The van der Waals surface area contributed by atoms with Crippen molar-refractivity contribution in [2.75, 3.05) is 13.2 Å². The van der Waals surface area contributed by atoms with Crippen LogP contribution in [0.15, 0.2) is 57.6 Å². The first-order valence-electron chi connectivity index (χ1n) is 10.4. The van der Waals surface area contributed by atoms with E-state index in [-0.39, 0.29) is 26.2 Å². The summed E-state index contributed by atoms with van der Waals surface area (Å²) >= 11 is 6.51. The van der Waals surface area contributed by atoms with E-state index in [0.29, 0.717) is 38.3 Å². The molecule has 0 atom stereocenters. The van der Waals surface area contributed by atoms with E-state index >= 15 is 0 Å². The number of ether oxygens (including phenoxy) is 3. The molecule has 0 unspecified atom stereocenters. The molecule has 0 aliphatic heterocycles. The molecular formula is C25H21Br2FN2O4. The first-order valence-corrected chi connectivity index (χ1v) is 12.0. The lowest BCUT2D eigenvalue weighted by Crippen LogP contribution is -2.12. The molecule has 0 amide bonds. The molecule has 0 saturated carbocycles. The second kappa shape index (κ2) is 12.5. The van der Waals surface area contributed by atoms with Crippen molar-refractivity contribution in [2.24, 2.45) is 0 Å². The minimum absolute atomic E-state index is 0.0317. The summed E-state index contributed by atoms with van der Waals surface area (Å²) in [7, 11) is 0. The van der Waals surface area contributed by atoms with Crippen LogP contribution in [0, 0.1) is 17.1 Å². The Labute approximate surface area is 213 Å². The normalized spacial score (nSPS) is 10.4. The van der Waals surface area contributed by atoms with Crippen LogP contribution in [0.4, 0.5) is 4.39 Å². The molecule has 0 N–H and O–H groups in total. The Bertz CT molecular complexity index is 1210. The van der Waals surface area contributed by atoms with Crippen molar-refractivity contribution in [2.45, 2.75) is 26.4 Å². The highest BCUT2D eigenvalue weighted by Gasteiger charge is 2.14. The molecule has 6 nitrogen and oxygen atoms in total. The molecule has 2 aromatic carbocycles. The molecule has 0 fully saturated rings. The predicted molar refractivity (Wildman–Crippen MR) is 131 cm³/mol. The first-order chi connectivity index (χ1) is 16.4. The van der Waals surface area contributed by atoms with Crippen molar-refractivity contribution < 1.29 is 23.4 Å². The van der Waals surface area contributed by atoms with Crippen molar-refractivity contribution >= 4 is 37.8 Å². The highest BCUT2D eigenvalue weighted by molar-refractivity contribution is 9.10. The van der Waals surface area contributed by atoms with Gasteiger partial charge in [-0.15, -0.1) is 0 Å². The Morgan fingerprint density at radius 1 is 1.09 bits per heavy atom. The maximum Gasteiger partial charge on any atom is 0.310 e. The fraction of sp³-hybridized carbons (Fsp3) is 0.240. The van der Waals surface area contributed by atoms with E-state index in [2.05, 4.69) is 42.9 Å². The van der Waals surface area contributed by atoms with Gasteiger partial charge in [0.05, 0.1) is 35.7 Å². The van der Waals surface area contributed by atoms with Crippen LogP contribution in [0.3, 0.4) is 0 Å². The van der Waals surface area contributed by atoms with E-state index < -0.39 is 11.8 Å². The summed E-state index contributed by atoms with van der Waals surface area (Å²) in [6, 6.07) is 15.5. The van der Waals surface area contributed by atoms with Gasteiger partial charge in [-0.25, -0.2) is 9.37 Å². The number of rotatable bonds is 10. The van der Waals surface area contributed by atoms with E-state index in [1.807, 2.05) is 6.07 Å². The third-order valence-corrected chi connectivity index (χ3v) is 5.82. The van der Waals surface area contributed by atoms with Crippen LogP contribution in [-0.2, 0) is 29.0 Å². The summed E-state index contributed by atoms with van der Waals surface area (Å²) in [5.74, 6) is 0.0756. The summed E-state index contributed by atoms with van der Waals surface area (Å²) in [6.45, 7) is 2.41. The van der Waals surface area contributed by atoms with Crippen LogP contribution in [0.25, 0.3) is 0 Å². The number of carbonyl (C=O) groups is 1. The first kappa shape index (κ1) is 25.7. The number of halogens is 3. The minimum atomic E-state index is -0.453. The highest BCUT2D eigenvalue weighted by atomic mass is 79.9. The van der Waals surface area contributed by atoms with Gasteiger partial charge in [-0.05, 0) is 80.2 Å². The van der Waals surface area contributed by atoms with Gasteiger partial charge in [0.2, 0.25) is 5.88 Å². The number of esters is 1. The lowest BCUT2D eigenvalue weighted by Gasteiger charge is -2.15. The second-order valence-electron chi connectivity index (χ2n) is 7.14. The van der Waals surface area contributed by atoms with E-state index in [1.165, 1.54) is 6.07 Å². The van der Waals surface area contributed by atoms with Gasteiger partial charge in [0, 0.05) is 18.1 Å². The number of aromatic nitrogens is 1. The zero-order chi connectivity index (χ0) is 24.5. The zero-order valence-electron chi connectivity index (χ0n) is 18.3. The summed E-state index contributed by atoms with van der Waals surface area (Å²) in [6.07, 6.45) is 0.383. The van der Waals surface area contributed by atoms with Gasteiger partial charge in [-0.1, -0.05) is 12.1 Å². The van der Waals surface area contributed by atoms with Crippen molar-refractivity contribution in [1.82, 2.24) is 4.98 Å². The van der Waals surface area contributed by atoms with Gasteiger partial charge in [0.25, 0.3) is 0 Å². The van der Waals surface area contributed by atoms with E-state index in [0.717, 1.165) is 11.1 Å². The molecule has 3 aromatic rings. The van der Waals surface area contributed by atoms with E-state index in [4.69, 9.17) is 14.2 Å². The van der Waals surface area contributed by atoms with Gasteiger partial charge in [0.1, 0.15) is 22.8 Å². The third kappa shape index (κ3) is 7.27. The van der Waals surface area contributed by atoms with Crippen LogP contribution >= 0.6 is 31.9 Å². The van der Waals surface area contributed by atoms with Gasteiger partial charge in [-0.3, -0.25) is 4.79 Å². The average Bonchev–Trinajstić information content (AvgIpc) is 2.81. The number of nitriles is 1. The molecule has 0 aliphatic carbocycles. The predicted octanol–water partition coefficient (Wildman–Crippen LogP) is 5.92. The maximum absolute atomic E-state index is 14.1. The number of hydrogen-bond acceptors (Lipinski definition) is 6. The lowest BCUT2D eigenvalue weighted by molar-refractivity contribution is -0.142. The number of benzene rings is 2. The molecule has 0 saturated heterocycles. The Hall–Kier alpha value is -2.96. The van der Waals surface area contributed by atoms with Crippen molar-refractivity contribution in [3.05, 3.63) is 85.7 Å². The SMILES string of the molecule is CCOC(=O)Cc1cc(F)c(Br)cc1CCOc1cc(C#N)ccc1COc1cccc(Br)n1. The molecule has 1 heterocycles. The minimum Gasteiger partial charge on any atom is -0.493 e. The Morgan fingerprint density at radius 3 is 2.65 bits per heavy atom. The van der Waals surface area contributed by atoms with Crippen molar-refractivity contribution in [3.63, 3.8) is 0 Å². The van der Waals surface area contributed by atoms with E-state index in [1.54, 1.807) is 43.3 Å². The number of hydrogen-bond donors (Lipinski definition) is 0. The van der Waals surface area contributed by atoms with Gasteiger partial charge >= 0.3 is 5.97 Å². The van der Waals surface area contributed by atoms with Crippen molar-refractivity contribution in [3.8, 4) is 17.7 Å². The fourth-order valence-electron chi connectivity index (χ4n) is 3.16. The molecule has 0 aliphatic rings. The average molecular weight is 592 g/mol. The van der Waals surface area contributed by atoms with Gasteiger partial charge < -0.3 is 14.2 Å². The number of carbonyl (C=O) groups excluding carboxylic acids is 1. The number of pyridine rings is 1. The molecule has 176 valence electrons. The second-order valence-corrected chi connectivity index (χ2v) is 8.80. The van der Waals surface area contributed by atoms with Crippen LogP contribution in [0.1, 0.15) is 29.2 Å². The van der Waals surface area contributed by atoms with Crippen LogP contribution in [0.2, 0.25) is 0 Å². The van der Waals surface area contributed by atoms with Gasteiger partial charge in [-0.2, -0.15) is 5.26 Å². The lowest BCUT2D eigenvalue weighted by atomic mass is 10.0. The largest absolute Gasteiger partial charge is 0.493 e. The summed E-state index contributed by atoms with van der Waals surface area (Å²) in [4.78, 5) is 16.2. The van der Waals surface area contributed by atoms with Gasteiger partial charge in [0.15, 0.2) is 0 Å². The molecule has 1 aromatic heterocycles. The molecule has 0 bridgehead atoms. The summed E-state index contributed by atoms with van der Waals surface area (Å²) < 4.78 is 31.8. The molecule has 0 spiro atoms. The molecule has 3 rings (SSSR count). The fourth-order valence-corrected chi connectivity index (χ4v) is 3.88. The summed E-state index contributed by atoms with van der Waals surface area (Å²) in [5, 5.41) is 9.28. The maximum atomic E-state index is 14.1. The monoisotopic (exact) mass is 590 g/mol. The third-order valence-electron chi connectivity index (χ3n) is 4.77. The Kier molecular flexibility index (Phi) is 9.42. The van der Waals surface area contributed by atoms with Crippen LogP contribution in [0.5, 0.6) is 11.6 Å². The van der Waals surface area contributed by atoms with Crippen LogP contribution < -0.4 is 9.47 Å². The van der Waals surface area contributed by atoms with Crippen LogP contribution in [-0.4, -0.2) is 24.2 Å². The quantitative estimate of drug-likeness (QED) is 0.215. The molecular weight excluding hydrogens is 571 g/mol. The molecule has 9 heteroatoms. The molecule has 0 radical (unpaired) electrons. The molecule has 34 heavy (non-hydrogen) atoms. The van der Waals surface area contributed by atoms with E-state index in [9.17, 15) is 14.4 Å². The number of nitrogens with zero attached hydrogens (tertiary/aromatic N) is 2.